The van der Waals surface area contributed by atoms with E-state index in [0.717, 1.165) is 30.4 Å². The molecule has 116 valence electrons. The van der Waals surface area contributed by atoms with Crippen molar-refractivity contribution in [1.82, 2.24) is 10.4 Å². The summed E-state index contributed by atoms with van der Waals surface area (Å²) in [5.74, 6) is -0.426. The number of hydrogen-bond donors (Lipinski definition) is 1. The minimum Gasteiger partial charge on any atom is -0.309 e. The lowest BCUT2D eigenvalue weighted by Gasteiger charge is -2.37. The summed E-state index contributed by atoms with van der Waals surface area (Å²) in [5.41, 5.74) is 6.91. The summed E-state index contributed by atoms with van der Waals surface area (Å²) in [6.07, 6.45) is 11.6. The van der Waals surface area contributed by atoms with E-state index in [1.807, 2.05) is 18.1 Å². The summed E-state index contributed by atoms with van der Waals surface area (Å²) in [6.45, 7) is 0. The molecule has 1 heterocycles. The van der Waals surface area contributed by atoms with Gasteiger partial charge in [-0.05, 0) is 24.5 Å². The van der Waals surface area contributed by atoms with Crippen LogP contribution in [-0.2, 0) is 14.6 Å². The summed E-state index contributed by atoms with van der Waals surface area (Å²) >= 11 is 0. The van der Waals surface area contributed by atoms with E-state index in [2.05, 4.69) is 23.7 Å². The van der Waals surface area contributed by atoms with Crippen LogP contribution in [0.1, 0.15) is 12.8 Å². The van der Waals surface area contributed by atoms with Gasteiger partial charge in [0.15, 0.2) is 15.6 Å². The van der Waals surface area contributed by atoms with Crippen molar-refractivity contribution in [3.05, 3.63) is 46.7 Å². The molecule has 0 amide bonds. The number of ketones is 1. The number of nitrogens with one attached hydrogen (secondary N) is 1. The van der Waals surface area contributed by atoms with Crippen LogP contribution in [0, 0.1) is 5.92 Å². The first-order valence-corrected chi connectivity index (χ1v) is 9.46. The van der Waals surface area contributed by atoms with Crippen LogP contribution in [0.5, 0.6) is 0 Å². The fourth-order valence-corrected chi connectivity index (χ4v) is 4.79. The van der Waals surface area contributed by atoms with Gasteiger partial charge in [0.1, 0.15) is 5.75 Å². The molecule has 0 aromatic rings. The van der Waals surface area contributed by atoms with Gasteiger partial charge in [-0.3, -0.25) is 4.79 Å². The average molecular weight is 318 g/mol. The topological polar surface area (TPSA) is 66.5 Å². The molecule has 1 aliphatic heterocycles. The van der Waals surface area contributed by atoms with E-state index in [-0.39, 0.29) is 11.3 Å². The van der Waals surface area contributed by atoms with Gasteiger partial charge in [0, 0.05) is 30.4 Å². The van der Waals surface area contributed by atoms with Gasteiger partial charge >= 0.3 is 0 Å². The Hall–Kier alpha value is -1.66. The van der Waals surface area contributed by atoms with Crippen molar-refractivity contribution in [2.24, 2.45) is 5.92 Å². The summed E-state index contributed by atoms with van der Waals surface area (Å²) in [6, 6.07) is 0. The first-order valence-electron chi connectivity index (χ1n) is 7.40. The van der Waals surface area contributed by atoms with E-state index in [0.29, 0.717) is 11.5 Å². The molecule has 2 unspecified atom stereocenters. The maximum Gasteiger partial charge on any atom is 0.179 e. The lowest BCUT2D eigenvalue weighted by molar-refractivity contribution is -0.113. The van der Waals surface area contributed by atoms with E-state index in [1.165, 1.54) is 5.57 Å². The van der Waals surface area contributed by atoms with Gasteiger partial charge in [-0.15, -0.1) is 0 Å². The molecule has 1 N–H and O–H groups in total. The van der Waals surface area contributed by atoms with Crippen LogP contribution in [0.4, 0.5) is 0 Å². The Labute approximate surface area is 129 Å². The zero-order valence-corrected chi connectivity index (χ0v) is 13.4. The Morgan fingerprint density at radius 2 is 2.27 bits per heavy atom. The molecule has 2 atom stereocenters. The van der Waals surface area contributed by atoms with Crippen molar-refractivity contribution in [2.45, 2.75) is 18.4 Å². The van der Waals surface area contributed by atoms with E-state index < -0.39 is 15.6 Å². The van der Waals surface area contributed by atoms with Gasteiger partial charge in [-0.2, -0.15) is 0 Å². The molecule has 0 saturated carbocycles. The standard InChI is InChI=1S/C16H18N2O3S/c1-18-15-11(14(19)9-22(2,20)21)8-16(17-18)12-6-4-3-5-10(12)7-13(15)16/h3,5,7-8,12,17H,4,6,9H2,1-2H3. The minimum absolute atomic E-state index is 0.312. The Morgan fingerprint density at radius 1 is 1.50 bits per heavy atom. The number of carbonyl (C=O) groups excluding carboxylic acids is 1. The number of carbonyl (C=O) groups is 1. The maximum atomic E-state index is 12.4. The Balaban J connectivity index is 1.80. The number of likely N-dealkylation sites (N-methyl/N-ethyl adjacent to an activating group) is 1. The molecule has 3 aliphatic carbocycles. The van der Waals surface area contributed by atoms with Gasteiger partial charge in [-0.1, -0.05) is 18.2 Å². The largest absolute Gasteiger partial charge is 0.309 e. The number of hydrogen-bond acceptors (Lipinski definition) is 5. The monoisotopic (exact) mass is 318 g/mol. The summed E-state index contributed by atoms with van der Waals surface area (Å²) < 4.78 is 22.9. The Bertz CT molecular complexity index is 816. The second-order valence-corrected chi connectivity index (χ2v) is 8.67. The van der Waals surface area contributed by atoms with Gasteiger partial charge in [0.2, 0.25) is 0 Å². The normalized spacial score (nSPS) is 32.1. The number of fused-ring (bicyclic) bond motifs is 1. The zero-order valence-electron chi connectivity index (χ0n) is 12.6. The minimum atomic E-state index is -3.32. The number of nitrogens with zero attached hydrogens (tertiary/aromatic N) is 1. The van der Waals surface area contributed by atoms with Crippen molar-refractivity contribution in [2.75, 3.05) is 19.1 Å². The molecule has 0 aromatic heterocycles. The van der Waals surface area contributed by atoms with Crippen molar-refractivity contribution in [1.29, 1.82) is 0 Å². The summed E-state index contributed by atoms with van der Waals surface area (Å²) in [7, 11) is -1.44. The number of rotatable bonds is 3. The van der Waals surface area contributed by atoms with Crippen LogP contribution in [0.2, 0.25) is 0 Å². The first kappa shape index (κ1) is 14.0. The fourth-order valence-electron chi connectivity index (χ4n) is 4.16. The highest BCUT2D eigenvalue weighted by atomic mass is 32.2. The molecule has 4 rings (SSSR count). The molecule has 2 bridgehead atoms. The highest BCUT2D eigenvalue weighted by Gasteiger charge is 2.56. The molecule has 0 fully saturated rings. The second kappa shape index (κ2) is 4.20. The van der Waals surface area contributed by atoms with Crippen LogP contribution in [0.25, 0.3) is 0 Å². The molecule has 22 heavy (non-hydrogen) atoms. The van der Waals surface area contributed by atoms with Crippen molar-refractivity contribution in [3.63, 3.8) is 0 Å². The summed E-state index contributed by atoms with van der Waals surface area (Å²) in [4.78, 5) is 12.4. The molecule has 0 radical (unpaired) electrons. The number of Topliss-reactive ketones (excluding diaryl/α,β-unsaturated/α-hetero) is 1. The third kappa shape index (κ3) is 1.74. The third-order valence-corrected chi connectivity index (χ3v) is 5.69. The highest BCUT2D eigenvalue weighted by molar-refractivity contribution is 7.91. The molecular formula is C16H18N2O3S. The lowest BCUT2D eigenvalue weighted by Crippen LogP contribution is -2.52. The van der Waals surface area contributed by atoms with Gasteiger partial charge in [0.25, 0.3) is 0 Å². The molecule has 0 spiro atoms. The molecule has 4 aliphatic rings. The second-order valence-electron chi connectivity index (χ2n) is 6.53. The van der Waals surface area contributed by atoms with Crippen molar-refractivity contribution < 1.29 is 13.2 Å². The van der Waals surface area contributed by atoms with Crippen LogP contribution in [-0.4, -0.2) is 43.8 Å². The molecular weight excluding hydrogens is 300 g/mol. The maximum absolute atomic E-state index is 12.4. The van der Waals surface area contributed by atoms with Crippen LogP contribution in [0.15, 0.2) is 46.7 Å². The Kier molecular flexibility index (Phi) is 2.67. The zero-order chi connectivity index (χ0) is 15.7. The van der Waals surface area contributed by atoms with Crippen LogP contribution >= 0.6 is 0 Å². The third-order valence-electron chi connectivity index (χ3n) is 4.91. The van der Waals surface area contributed by atoms with Crippen LogP contribution in [0.3, 0.4) is 0 Å². The van der Waals surface area contributed by atoms with E-state index in [1.54, 1.807) is 0 Å². The van der Waals surface area contributed by atoms with Gasteiger partial charge < -0.3 is 5.01 Å². The first-order chi connectivity index (χ1) is 10.3. The van der Waals surface area contributed by atoms with E-state index >= 15 is 0 Å². The quantitative estimate of drug-likeness (QED) is 0.837. The number of allylic oxidation sites excluding steroid dienone is 3. The average Bonchev–Trinajstić information content (AvgIpc) is 2.96. The van der Waals surface area contributed by atoms with Gasteiger partial charge in [-0.25, -0.2) is 13.8 Å². The predicted octanol–water partition coefficient (Wildman–Crippen LogP) is 0.889. The molecule has 5 nitrogen and oxygen atoms in total. The van der Waals surface area contributed by atoms with Crippen molar-refractivity contribution >= 4 is 15.6 Å². The Morgan fingerprint density at radius 3 is 3.00 bits per heavy atom. The van der Waals surface area contributed by atoms with E-state index in [4.69, 9.17) is 0 Å². The van der Waals surface area contributed by atoms with Gasteiger partial charge in [0.05, 0.1) is 11.2 Å². The molecule has 0 aromatic carbocycles. The van der Waals surface area contributed by atoms with Crippen molar-refractivity contribution in [3.8, 4) is 0 Å². The SMILES string of the molecule is CN1NC23C=C(C(=O)CS(C)(=O)=O)C1=C2C=C1C=CCCC13. The lowest BCUT2D eigenvalue weighted by atomic mass is 9.78. The highest BCUT2D eigenvalue weighted by Crippen LogP contribution is 2.55. The number of hydrazine groups is 1. The smallest absolute Gasteiger partial charge is 0.179 e. The fraction of sp³-hybridized carbons (Fsp3) is 0.438. The predicted molar refractivity (Wildman–Crippen MR) is 83.4 cm³/mol. The number of sulfone groups is 1. The molecule has 0 saturated heterocycles. The van der Waals surface area contributed by atoms with E-state index in [9.17, 15) is 13.2 Å². The van der Waals surface area contributed by atoms with Crippen LogP contribution < -0.4 is 5.43 Å². The molecule has 6 heteroatoms. The summed E-state index contributed by atoms with van der Waals surface area (Å²) in [5, 5.41) is 1.87.